The molecule has 4 heteroatoms. The number of rotatable bonds is 1. The standard InChI is InChI=1S/C6H12N2O.Rb/c7-6(9)5-1-3-8-4-2-5;/h5,8H,1-4H2,(H2,7,9);/q;+1/p-1. The fraction of sp³-hybridized carbons (Fsp3) is 0.833. The molecule has 0 aromatic heterocycles. The van der Waals surface area contributed by atoms with Gasteiger partial charge in [-0.15, -0.1) is 0 Å². The Hall–Kier alpha value is 1.24. The van der Waals surface area contributed by atoms with Crippen LogP contribution in [0.25, 0.3) is 5.73 Å². The van der Waals surface area contributed by atoms with Crippen molar-refractivity contribution < 1.29 is 63.0 Å². The Labute approximate surface area is 110 Å². The van der Waals surface area contributed by atoms with Gasteiger partial charge >= 0.3 is 58.2 Å². The topological polar surface area (TPSA) is 52.9 Å². The van der Waals surface area contributed by atoms with Crippen molar-refractivity contribution in [1.29, 1.82) is 0 Å². The van der Waals surface area contributed by atoms with Gasteiger partial charge in [0.25, 0.3) is 0 Å². The third-order valence-electron chi connectivity index (χ3n) is 1.71. The van der Waals surface area contributed by atoms with Crippen LogP contribution in [0.3, 0.4) is 0 Å². The van der Waals surface area contributed by atoms with Gasteiger partial charge in [0.15, 0.2) is 0 Å². The third-order valence-corrected chi connectivity index (χ3v) is 1.71. The molecule has 1 fully saturated rings. The van der Waals surface area contributed by atoms with Crippen LogP contribution in [0.5, 0.6) is 0 Å². The number of piperidine rings is 1. The zero-order valence-corrected chi connectivity index (χ0v) is 11.2. The molecule has 1 amide bonds. The third kappa shape index (κ3) is 3.58. The molecule has 0 unspecified atom stereocenters. The first kappa shape index (κ1) is 11.2. The Morgan fingerprint density at radius 2 is 1.90 bits per heavy atom. The van der Waals surface area contributed by atoms with E-state index in [-0.39, 0.29) is 64.1 Å². The summed E-state index contributed by atoms with van der Waals surface area (Å²) in [5.41, 5.74) is 6.81. The van der Waals surface area contributed by atoms with E-state index in [1.165, 1.54) is 0 Å². The van der Waals surface area contributed by atoms with Gasteiger partial charge in [0, 0.05) is 5.92 Å². The zero-order valence-electron chi connectivity index (χ0n) is 6.31. The van der Waals surface area contributed by atoms with Crippen LogP contribution in [0.1, 0.15) is 12.8 Å². The van der Waals surface area contributed by atoms with E-state index < -0.39 is 5.91 Å². The van der Waals surface area contributed by atoms with Crippen molar-refractivity contribution in [1.82, 2.24) is 5.32 Å². The second-order valence-corrected chi connectivity index (χ2v) is 2.39. The minimum atomic E-state index is -0.392. The molecule has 1 rings (SSSR count). The van der Waals surface area contributed by atoms with Gasteiger partial charge in [-0.2, -0.15) is 0 Å². The van der Waals surface area contributed by atoms with Gasteiger partial charge < -0.3 is 15.8 Å². The van der Waals surface area contributed by atoms with Crippen LogP contribution in [-0.2, 0) is 4.79 Å². The number of hydrogen-bond donors (Lipinski definition) is 1. The number of nitrogens with one attached hydrogen (secondary N) is 2. The first-order chi connectivity index (χ1) is 4.30. The Morgan fingerprint density at radius 3 is 2.20 bits per heavy atom. The van der Waals surface area contributed by atoms with Crippen LogP contribution in [0.4, 0.5) is 0 Å². The molecule has 52 valence electrons. The van der Waals surface area contributed by atoms with Crippen LogP contribution in [-0.4, -0.2) is 19.0 Å². The first-order valence-corrected chi connectivity index (χ1v) is 3.27. The van der Waals surface area contributed by atoms with E-state index in [1.807, 2.05) is 0 Å². The van der Waals surface area contributed by atoms with Crippen LogP contribution in [0.2, 0.25) is 0 Å². The second-order valence-electron chi connectivity index (χ2n) is 2.39. The van der Waals surface area contributed by atoms with Gasteiger partial charge in [-0.1, -0.05) is 0 Å². The molecule has 0 atom stereocenters. The van der Waals surface area contributed by atoms with Gasteiger partial charge in [-0.3, -0.25) is 0 Å². The summed E-state index contributed by atoms with van der Waals surface area (Å²) >= 11 is 0. The van der Waals surface area contributed by atoms with Crippen LogP contribution < -0.4 is 63.5 Å². The summed E-state index contributed by atoms with van der Waals surface area (Å²) < 4.78 is 0. The van der Waals surface area contributed by atoms with E-state index in [9.17, 15) is 4.79 Å². The van der Waals surface area contributed by atoms with Crippen LogP contribution >= 0.6 is 0 Å². The van der Waals surface area contributed by atoms with Crippen molar-refractivity contribution >= 4 is 5.91 Å². The predicted octanol–water partition coefficient (Wildman–Crippen LogP) is -2.43. The molecule has 0 aliphatic carbocycles. The van der Waals surface area contributed by atoms with E-state index in [0.29, 0.717) is 0 Å². The van der Waals surface area contributed by atoms with E-state index >= 15 is 0 Å². The van der Waals surface area contributed by atoms with Gasteiger partial charge in [-0.25, -0.2) is 0 Å². The molecule has 0 aromatic carbocycles. The summed E-state index contributed by atoms with van der Waals surface area (Å²) in [5, 5.41) is 3.13. The Kier molecular flexibility index (Phi) is 6.55. The van der Waals surface area contributed by atoms with E-state index in [4.69, 9.17) is 5.73 Å². The van der Waals surface area contributed by atoms with Crippen molar-refractivity contribution in [2.75, 3.05) is 13.1 Å². The molecule has 0 saturated carbocycles. The molecule has 3 nitrogen and oxygen atoms in total. The zero-order chi connectivity index (χ0) is 6.69. The molecule has 0 spiro atoms. The molecule has 1 heterocycles. The van der Waals surface area contributed by atoms with Crippen molar-refractivity contribution in [3.63, 3.8) is 0 Å². The smallest absolute Gasteiger partial charge is 0.668 e. The summed E-state index contributed by atoms with van der Waals surface area (Å²) in [6.07, 6.45) is 1.70. The molecule has 1 aliphatic rings. The van der Waals surface area contributed by atoms with Crippen molar-refractivity contribution in [3.05, 3.63) is 5.73 Å². The molecular weight excluding hydrogens is 202 g/mol. The van der Waals surface area contributed by atoms with Crippen molar-refractivity contribution in [3.8, 4) is 0 Å². The predicted molar refractivity (Wildman–Crippen MR) is 34.9 cm³/mol. The maximum absolute atomic E-state index is 10.4. The van der Waals surface area contributed by atoms with Gasteiger partial charge in [-0.05, 0) is 25.9 Å². The number of amides is 1. The van der Waals surface area contributed by atoms with E-state index in [2.05, 4.69) is 5.32 Å². The molecule has 0 aromatic rings. The first-order valence-electron chi connectivity index (χ1n) is 3.27. The number of hydrogen-bond acceptors (Lipinski definition) is 2. The average Bonchev–Trinajstić information content (AvgIpc) is 1.90. The minimum Gasteiger partial charge on any atom is -0.668 e. The van der Waals surface area contributed by atoms with Gasteiger partial charge in [0.05, 0.1) is 5.91 Å². The maximum Gasteiger partial charge on any atom is 1.00 e. The van der Waals surface area contributed by atoms with Crippen molar-refractivity contribution in [2.24, 2.45) is 5.92 Å². The summed E-state index contributed by atoms with van der Waals surface area (Å²) in [7, 11) is 0. The monoisotopic (exact) mass is 212 g/mol. The summed E-state index contributed by atoms with van der Waals surface area (Å²) in [6.45, 7) is 1.80. The molecule has 0 radical (unpaired) electrons. The number of carbonyl (C=O) groups is 1. The maximum atomic E-state index is 10.4. The van der Waals surface area contributed by atoms with Crippen molar-refractivity contribution in [2.45, 2.75) is 12.8 Å². The molecule has 10 heavy (non-hydrogen) atoms. The van der Waals surface area contributed by atoms with Gasteiger partial charge in [0.2, 0.25) is 0 Å². The van der Waals surface area contributed by atoms with Crippen LogP contribution in [0, 0.1) is 5.92 Å². The Morgan fingerprint density at radius 1 is 1.40 bits per heavy atom. The molecule has 1 aliphatic heterocycles. The summed E-state index contributed by atoms with van der Waals surface area (Å²) in [5.74, 6) is -0.372. The minimum absolute atomic E-state index is 0. The largest absolute Gasteiger partial charge is 1.00 e. The molecule has 0 bridgehead atoms. The Balaban J connectivity index is 0.000000810. The van der Waals surface area contributed by atoms with E-state index in [0.717, 1.165) is 25.9 Å². The summed E-state index contributed by atoms with van der Waals surface area (Å²) in [6, 6.07) is 0. The van der Waals surface area contributed by atoms with E-state index in [1.54, 1.807) is 0 Å². The molecule has 1 saturated heterocycles. The quantitative estimate of drug-likeness (QED) is 0.526. The molecule has 2 N–H and O–H groups in total. The fourth-order valence-electron chi connectivity index (χ4n) is 1.08. The Bertz CT molecular complexity index is 112. The molecular formula is C6H11N2ORb. The summed E-state index contributed by atoms with van der Waals surface area (Å²) in [4.78, 5) is 10.4. The average molecular weight is 213 g/mol. The normalized spacial score (nSPS) is 19.6. The van der Waals surface area contributed by atoms with Crippen LogP contribution in [0.15, 0.2) is 0 Å². The SMILES string of the molecule is [NH-]C(=O)C1CCNCC1.[Rb+]. The second kappa shape index (κ2) is 5.83. The fourth-order valence-corrected chi connectivity index (χ4v) is 1.08. The number of carbonyl (C=O) groups excluding carboxylic acids is 1. The van der Waals surface area contributed by atoms with Gasteiger partial charge in [0.1, 0.15) is 0 Å².